The highest BCUT2D eigenvalue weighted by atomic mass is 32.2. The molecule has 0 aliphatic carbocycles. The number of non-ortho nitro benzene ring substituents is 2. The molecule has 0 aliphatic heterocycles. The summed E-state index contributed by atoms with van der Waals surface area (Å²) in [5.41, 5.74) is -0.623. The van der Waals surface area contributed by atoms with E-state index in [1.54, 1.807) is 0 Å². The van der Waals surface area contributed by atoms with Gasteiger partial charge in [-0.05, 0) is 36.4 Å². The fourth-order valence-electron chi connectivity index (χ4n) is 2.56. The monoisotopic (exact) mass is 478 g/mol. The Bertz CT molecular complexity index is 1300. The minimum absolute atomic E-state index is 0.0785. The Morgan fingerprint density at radius 2 is 0.938 bits per heavy atom. The van der Waals surface area contributed by atoms with Crippen LogP contribution in [0.5, 0.6) is 0 Å². The van der Waals surface area contributed by atoms with Crippen LogP contribution in [0.3, 0.4) is 0 Å². The summed E-state index contributed by atoms with van der Waals surface area (Å²) in [7, 11) is -8.26. The molecular weight excluding hydrogens is 464 g/mol. The van der Waals surface area contributed by atoms with Gasteiger partial charge in [0.15, 0.2) is 0 Å². The molecule has 166 valence electrons. The molecule has 0 unspecified atom stereocenters. The Labute approximate surface area is 181 Å². The van der Waals surface area contributed by atoms with E-state index in [1.807, 2.05) is 0 Å². The highest BCUT2D eigenvalue weighted by Crippen LogP contribution is 2.24. The number of nitrogens with zero attached hydrogens (tertiary/aromatic N) is 2. The standard InChI is InChI=1S/C18H14N4O8S2/c23-21(24)15-3-1-5-17(11-15)31(27,28)19-13-7-9-14(10-8-13)20-32(29,30)18-6-2-4-16(12-18)22(25)26/h1-12,19-20H. The average Bonchev–Trinajstić information content (AvgIpc) is 2.75. The van der Waals surface area contributed by atoms with Crippen LogP contribution in [0, 0.1) is 20.2 Å². The van der Waals surface area contributed by atoms with E-state index < -0.39 is 41.3 Å². The van der Waals surface area contributed by atoms with Gasteiger partial charge in [0.1, 0.15) is 0 Å². The molecular formula is C18H14N4O8S2. The van der Waals surface area contributed by atoms with Gasteiger partial charge in [-0.3, -0.25) is 29.7 Å². The fourth-order valence-corrected chi connectivity index (χ4v) is 4.76. The lowest BCUT2D eigenvalue weighted by Crippen LogP contribution is -2.14. The lowest BCUT2D eigenvalue weighted by atomic mass is 10.3. The predicted molar refractivity (Wildman–Crippen MR) is 114 cm³/mol. The maximum Gasteiger partial charge on any atom is 0.270 e. The van der Waals surface area contributed by atoms with Gasteiger partial charge >= 0.3 is 0 Å². The van der Waals surface area contributed by atoms with Crippen molar-refractivity contribution in [3.63, 3.8) is 0 Å². The number of nitro groups is 2. The lowest BCUT2D eigenvalue weighted by Gasteiger charge is -2.11. The minimum atomic E-state index is -4.13. The van der Waals surface area contributed by atoms with Gasteiger partial charge in [0.2, 0.25) is 0 Å². The molecule has 0 fully saturated rings. The zero-order chi connectivity index (χ0) is 23.5. The highest BCUT2D eigenvalue weighted by molar-refractivity contribution is 7.93. The first-order valence-corrected chi connectivity index (χ1v) is 11.6. The van der Waals surface area contributed by atoms with Gasteiger partial charge in [0.05, 0.1) is 19.6 Å². The van der Waals surface area contributed by atoms with E-state index in [0.29, 0.717) is 0 Å². The van der Waals surface area contributed by atoms with Crippen LogP contribution in [0.25, 0.3) is 0 Å². The van der Waals surface area contributed by atoms with Crippen LogP contribution in [0.15, 0.2) is 82.6 Å². The molecule has 3 aromatic carbocycles. The molecule has 2 N–H and O–H groups in total. The van der Waals surface area contributed by atoms with Crippen LogP contribution in [0.4, 0.5) is 22.7 Å². The number of anilines is 2. The van der Waals surface area contributed by atoms with E-state index in [2.05, 4.69) is 9.44 Å². The first-order chi connectivity index (χ1) is 15.0. The molecule has 0 aliphatic rings. The third kappa shape index (κ3) is 5.16. The zero-order valence-electron chi connectivity index (χ0n) is 15.9. The highest BCUT2D eigenvalue weighted by Gasteiger charge is 2.19. The molecule has 0 amide bonds. The summed E-state index contributed by atoms with van der Waals surface area (Å²) in [4.78, 5) is 19.6. The Morgan fingerprint density at radius 1 is 0.594 bits per heavy atom. The molecule has 3 rings (SSSR count). The predicted octanol–water partition coefficient (Wildman–Crippen LogP) is 3.10. The molecule has 0 aromatic heterocycles. The van der Waals surface area contributed by atoms with E-state index in [0.717, 1.165) is 24.3 Å². The summed E-state index contributed by atoms with van der Waals surface area (Å²) in [6.45, 7) is 0. The zero-order valence-corrected chi connectivity index (χ0v) is 17.5. The summed E-state index contributed by atoms with van der Waals surface area (Å²) in [6, 6.07) is 14.1. The van der Waals surface area contributed by atoms with Gasteiger partial charge in [-0.25, -0.2) is 16.8 Å². The molecule has 0 atom stereocenters. The van der Waals surface area contributed by atoms with E-state index >= 15 is 0 Å². The minimum Gasteiger partial charge on any atom is -0.280 e. The lowest BCUT2D eigenvalue weighted by molar-refractivity contribution is -0.385. The number of hydrogen-bond donors (Lipinski definition) is 2. The number of sulfonamides is 2. The van der Waals surface area contributed by atoms with Gasteiger partial charge in [0, 0.05) is 35.6 Å². The van der Waals surface area contributed by atoms with Gasteiger partial charge in [-0.2, -0.15) is 0 Å². The van der Waals surface area contributed by atoms with Crippen molar-refractivity contribution in [3.8, 4) is 0 Å². The van der Waals surface area contributed by atoms with Crippen molar-refractivity contribution in [3.05, 3.63) is 93.0 Å². The molecule has 32 heavy (non-hydrogen) atoms. The third-order valence-corrected chi connectivity index (χ3v) is 6.82. The van der Waals surface area contributed by atoms with Crippen molar-refractivity contribution in [2.45, 2.75) is 9.79 Å². The van der Waals surface area contributed by atoms with Crippen molar-refractivity contribution in [2.75, 3.05) is 9.44 Å². The summed E-state index contributed by atoms with van der Waals surface area (Å²) in [5, 5.41) is 21.7. The van der Waals surface area contributed by atoms with Crippen molar-refractivity contribution in [2.24, 2.45) is 0 Å². The number of rotatable bonds is 8. The summed E-state index contributed by atoms with van der Waals surface area (Å²) in [6.07, 6.45) is 0. The van der Waals surface area contributed by atoms with Gasteiger partial charge in [-0.1, -0.05) is 12.1 Å². The first-order valence-electron chi connectivity index (χ1n) is 8.62. The van der Waals surface area contributed by atoms with E-state index in [4.69, 9.17) is 0 Å². The van der Waals surface area contributed by atoms with Gasteiger partial charge < -0.3 is 0 Å². The first kappa shape index (κ1) is 22.6. The maximum absolute atomic E-state index is 12.5. The van der Waals surface area contributed by atoms with Crippen molar-refractivity contribution in [1.29, 1.82) is 0 Å². The Morgan fingerprint density at radius 3 is 1.25 bits per heavy atom. The van der Waals surface area contributed by atoms with Crippen molar-refractivity contribution >= 4 is 42.8 Å². The number of nitro benzene ring substituents is 2. The average molecular weight is 478 g/mol. The molecule has 12 nitrogen and oxygen atoms in total. The Kier molecular flexibility index (Phi) is 6.09. The third-order valence-electron chi connectivity index (χ3n) is 4.07. The molecule has 0 spiro atoms. The second-order valence-electron chi connectivity index (χ2n) is 6.30. The van der Waals surface area contributed by atoms with Crippen LogP contribution >= 0.6 is 0 Å². The summed E-state index contributed by atoms with van der Waals surface area (Å²) >= 11 is 0. The largest absolute Gasteiger partial charge is 0.280 e. The van der Waals surface area contributed by atoms with Gasteiger partial charge in [0.25, 0.3) is 31.4 Å². The second kappa shape index (κ2) is 8.60. The van der Waals surface area contributed by atoms with Crippen molar-refractivity contribution in [1.82, 2.24) is 0 Å². The molecule has 14 heteroatoms. The maximum atomic E-state index is 12.5. The SMILES string of the molecule is O=[N+]([O-])c1cccc(S(=O)(=O)Nc2ccc(NS(=O)(=O)c3cccc([N+](=O)[O-])c3)cc2)c1. The second-order valence-corrected chi connectivity index (χ2v) is 9.66. The molecule has 0 saturated carbocycles. The quantitative estimate of drug-likeness (QED) is 0.366. The number of benzene rings is 3. The molecule has 0 radical (unpaired) electrons. The topological polar surface area (TPSA) is 179 Å². The Hall–Kier alpha value is -4.04. The van der Waals surface area contributed by atoms with Crippen LogP contribution in [0.2, 0.25) is 0 Å². The van der Waals surface area contributed by atoms with E-state index in [-0.39, 0.29) is 21.2 Å². The van der Waals surface area contributed by atoms with Gasteiger partial charge in [-0.15, -0.1) is 0 Å². The summed E-state index contributed by atoms with van der Waals surface area (Å²) < 4.78 is 54.3. The van der Waals surface area contributed by atoms with Crippen LogP contribution in [-0.4, -0.2) is 26.7 Å². The smallest absolute Gasteiger partial charge is 0.270 e. The molecule has 0 saturated heterocycles. The molecule has 3 aromatic rings. The van der Waals surface area contributed by atoms with Crippen LogP contribution < -0.4 is 9.44 Å². The number of nitrogens with one attached hydrogen (secondary N) is 2. The molecule has 0 heterocycles. The van der Waals surface area contributed by atoms with E-state index in [1.165, 1.54) is 48.5 Å². The van der Waals surface area contributed by atoms with Crippen LogP contribution in [-0.2, 0) is 20.0 Å². The summed E-state index contributed by atoms with van der Waals surface area (Å²) in [5.74, 6) is 0. The van der Waals surface area contributed by atoms with Crippen LogP contribution in [0.1, 0.15) is 0 Å². The fraction of sp³-hybridized carbons (Fsp3) is 0. The Balaban J connectivity index is 1.78. The molecule has 0 bridgehead atoms. The normalized spacial score (nSPS) is 11.5. The van der Waals surface area contributed by atoms with Crippen molar-refractivity contribution < 1.29 is 26.7 Å². The number of hydrogen-bond acceptors (Lipinski definition) is 8. The van der Waals surface area contributed by atoms with E-state index in [9.17, 15) is 37.1 Å².